The Balaban J connectivity index is 1.48. The standard InChI is InChI=1S/C19H21FN4S/c1-14-11-17-18(21-13-22-19(17)25-14)24-8-2-7-23(9-10-24)12-15-3-5-16(20)6-4-15/h3-6,11,13H,2,7-10,12H2,1H3. The van der Waals surface area contributed by atoms with Gasteiger partial charge in [-0.05, 0) is 37.1 Å². The van der Waals surface area contributed by atoms with E-state index in [1.807, 2.05) is 12.1 Å². The van der Waals surface area contributed by atoms with Crippen molar-refractivity contribution >= 4 is 27.4 Å². The Morgan fingerprint density at radius 3 is 2.76 bits per heavy atom. The van der Waals surface area contributed by atoms with E-state index >= 15 is 0 Å². The fourth-order valence-corrected chi connectivity index (χ4v) is 4.25. The quantitative estimate of drug-likeness (QED) is 0.713. The van der Waals surface area contributed by atoms with Gasteiger partial charge in [0, 0.05) is 37.6 Å². The first-order valence-corrected chi connectivity index (χ1v) is 9.43. The van der Waals surface area contributed by atoms with Crippen LogP contribution in [-0.4, -0.2) is 41.0 Å². The summed E-state index contributed by atoms with van der Waals surface area (Å²) >= 11 is 1.72. The molecule has 4 nitrogen and oxygen atoms in total. The summed E-state index contributed by atoms with van der Waals surface area (Å²) in [7, 11) is 0. The minimum Gasteiger partial charge on any atom is -0.355 e. The van der Waals surface area contributed by atoms with Gasteiger partial charge < -0.3 is 4.90 Å². The van der Waals surface area contributed by atoms with Crippen molar-refractivity contribution in [1.82, 2.24) is 14.9 Å². The van der Waals surface area contributed by atoms with Crippen LogP contribution in [0.1, 0.15) is 16.9 Å². The van der Waals surface area contributed by atoms with Crippen LogP contribution in [-0.2, 0) is 6.54 Å². The van der Waals surface area contributed by atoms with E-state index in [0.717, 1.165) is 60.7 Å². The summed E-state index contributed by atoms with van der Waals surface area (Å²) < 4.78 is 13.1. The molecule has 25 heavy (non-hydrogen) atoms. The molecule has 1 aliphatic heterocycles. The molecule has 0 bridgehead atoms. The molecule has 6 heteroatoms. The van der Waals surface area contributed by atoms with Gasteiger partial charge in [0.05, 0.1) is 5.39 Å². The summed E-state index contributed by atoms with van der Waals surface area (Å²) in [5, 5.41) is 1.16. The van der Waals surface area contributed by atoms with E-state index in [1.54, 1.807) is 17.7 Å². The molecule has 0 spiro atoms. The molecule has 0 N–H and O–H groups in total. The number of hydrogen-bond donors (Lipinski definition) is 0. The summed E-state index contributed by atoms with van der Waals surface area (Å²) in [6.07, 6.45) is 2.77. The second kappa shape index (κ2) is 7.06. The fraction of sp³-hybridized carbons (Fsp3) is 0.368. The number of nitrogens with zero attached hydrogens (tertiary/aromatic N) is 4. The number of hydrogen-bond acceptors (Lipinski definition) is 5. The maximum atomic E-state index is 13.1. The van der Waals surface area contributed by atoms with Crippen LogP contribution in [0.4, 0.5) is 10.2 Å². The first-order valence-electron chi connectivity index (χ1n) is 8.62. The average Bonchev–Trinajstić information content (AvgIpc) is 2.84. The highest BCUT2D eigenvalue weighted by atomic mass is 32.1. The largest absolute Gasteiger partial charge is 0.355 e. The summed E-state index contributed by atoms with van der Waals surface area (Å²) in [6.45, 7) is 6.95. The maximum absolute atomic E-state index is 13.1. The van der Waals surface area contributed by atoms with Gasteiger partial charge in [0.25, 0.3) is 0 Å². The van der Waals surface area contributed by atoms with Gasteiger partial charge in [-0.1, -0.05) is 12.1 Å². The first kappa shape index (κ1) is 16.4. The Morgan fingerprint density at radius 1 is 1.08 bits per heavy atom. The predicted molar refractivity (Wildman–Crippen MR) is 101 cm³/mol. The van der Waals surface area contributed by atoms with Gasteiger partial charge in [0.1, 0.15) is 22.8 Å². The van der Waals surface area contributed by atoms with Crippen molar-refractivity contribution in [2.24, 2.45) is 0 Å². The second-order valence-corrected chi connectivity index (χ2v) is 7.75. The highest BCUT2D eigenvalue weighted by molar-refractivity contribution is 7.18. The van der Waals surface area contributed by atoms with Crippen LogP contribution < -0.4 is 4.90 Å². The molecular weight excluding hydrogens is 335 g/mol. The van der Waals surface area contributed by atoms with E-state index < -0.39 is 0 Å². The fourth-order valence-electron chi connectivity index (χ4n) is 3.40. The van der Waals surface area contributed by atoms with E-state index in [9.17, 15) is 4.39 Å². The molecule has 0 atom stereocenters. The van der Waals surface area contributed by atoms with E-state index in [-0.39, 0.29) is 5.82 Å². The molecule has 3 heterocycles. The molecule has 2 aromatic heterocycles. The Morgan fingerprint density at radius 2 is 1.92 bits per heavy atom. The SMILES string of the molecule is Cc1cc2c(N3CCCN(Cc4ccc(F)cc4)CC3)ncnc2s1. The monoisotopic (exact) mass is 356 g/mol. The molecule has 4 rings (SSSR count). The minimum absolute atomic E-state index is 0.176. The molecule has 0 unspecified atom stereocenters. The summed E-state index contributed by atoms with van der Waals surface area (Å²) in [5.41, 5.74) is 1.16. The summed E-state index contributed by atoms with van der Waals surface area (Å²) in [4.78, 5) is 16.1. The zero-order valence-electron chi connectivity index (χ0n) is 14.3. The van der Waals surface area contributed by atoms with Gasteiger partial charge in [-0.3, -0.25) is 4.90 Å². The van der Waals surface area contributed by atoms with Gasteiger partial charge in [-0.15, -0.1) is 11.3 Å². The lowest BCUT2D eigenvalue weighted by Crippen LogP contribution is -2.31. The highest BCUT2D eigenvalue weighted by Crippen LogP contribution is 2.30. The molecule has 1 saturated heterocycles. The summed E-state index contributed by atoms with van der Waals surface area (Å²) in [5.74, 6) is 0.877. The maximum Gasteiger partial charge on any atom is 0.140 e. The lowest BCUT2D eigenvalue weighted by molar-refractivity contribution is 0.285. The van der Waals surface area contributed by atoms with Gasteiger partial charge in [-0.2, -0.15) is 0 Å². The molecule has 1 fully saturated rings. The van der Waals surface area contributed by atoms with Crippen molar-refractivity contribution in [3.05, 3.63) is 52.9 Å². The molecule has 0 saturated carbocycles. The van der Waals surface area contributed by atoms with E-state index in [2.05, 4.69) is 32.8 Å². The van der Waals surface area contributed by atoms with Crippen LogP contribution in [0.3, 0.4) is 0 Å². The van der Waals surface area contributed by atoms with E-state index in [1.165, 1.54) is 17.0 Å². The normalized spacial score (nSPS) is 16.3. The lowest BCUT2D eigenvalue weighted by atomic mass is 10.2. The van der Waals surface area contributed by atoms with Gasteiger partial charge in [-0.25, -0.2) is 14.4 Å². The van der Waals surface area contributed by atoms with Gasteiger partial charge in [0.2, 0.25) is 0 Å². The molecule has 130 valence electrons. The first-order chi connectivity index (χ1) is 12.2. The van der Waals surface area contributed by atoms with Crippen LogP contribution in [0.15, 0.2) is 36.7 Å². The van der Waals surface area contributed by atoms with Crippen molar-refractivity contribution in [3.8, 4) is 0 Å². The second-order valence-electron chi connectivity index (χ2n) is 6.52. The third kappa shape index (κ3) is 3.65. The average molecular weight is 356 g/mol. The topological polar surface area (TPSA) is 32.3 Å². The van der Waals surface area contributed by atoms with E-state index in [4.69, 9.17) is 0 Å². The highest BCUT2D eigenvalue weighted by Gasteiger charge is 2.19. The third-order valence-corrected chi connectivity index (χ3v) is 5.60. The summed E-state index contributed by atoms with van der Waals surface area (Å²) in [6, 6.07) is 9.02. The molecule has 1 aliphatic rings. The molecule has 0 radical (unpaired) electrons. The van der Waals surface area contributed by atoms with Crippen molar-refractivity contribution in [1.29, 1.82) is 0 Å². The predicted octanol–water partition coefficient (Wildman–Crippen LogP) is 3.85. The molecule has 1 aromatic carbocycles. The Kier molecular flexibility index (Phi) is 4.63. The molecule has 3 aromatic rings. The van der Waals surface area contributed by atoms with Crippen molar-refractivity contribution in [2.75, 3.05) is 31.1 Å². The number of aromatic nitrogens is 2. The van der Waals surface area contributed by atoms with E-state index in [0.29, 0.717) is 0 Å². The van der Waals surface area contributed by atoms with Crippen LogP contribution in [0, 0.1) is 12.7 Å². The van der Waals surface area contributed by atoms with Gasteiger partial charge >= 0.3 is 0 Å². The van der Waals surface area contributed by atoms with Crippen molar-refractivity contribution in [3.63, 3.8) is 0 Å². The van der Waals surface area contributed by atoms with Crippen LogP contribution >= 0.6 is 11.3 Å². The Bertz CT molecular complexity index is 861. The number of thiophene rings is 1. The van der Waals surface area contributed by atoms with Crippen LogP contribution in [0.2, 0.25) is 0 Å². The molecule has 0 amide bonds. The molecular formula is C19H21FN4S. The number of halogens is 1. The zero-order chi connectivity index (χ0) is 17.2. The van der Waals surface area contributed by atoms with Crippen molar-refractivity contribution in [2.45, 2.75) is 19.9 Å². The number of rotatable bonds is 3. The number of benzene rings is 1. The number of anilines is 1. The van der Waals surface area contributed by atoms with Crippen LogP contribution in [0.25, 0.3) is 10.2 Å². The Labute approximate surface area is 150 Å². The number of fused-ring (bicyclic) bond motifs is 1. The van der Waals surface area contributed by atoms with Crippen molar-refractivity contribution < 1.29 is 4.39 Å². The lowest BCUT2D eigenvalue weighted by Gasteiger charge is -2.23. The zero-order valence-corrected chi connectivity index (χ0v) is 15.1. The third-order valence-electron chi connectivity index (χ3n) is 4.64. The number of aryl methyl sites for hydroxylation is 1. The smallest absolute Gasteiger partial charge is 0.140 e. The van der Waals surface area contributed by atoms with Crippen LogP contribution in [0.5, 0.6) is 0 Å². The Hall–Kier alpha value is -2.05. The minimum atomic E-state index is -0.176. The molecule has 0 aliphatic carbocycles. The van der Waals surface area contributed by atoms with Gasteiger partial charge in [0.15, 0.2) is 0 Å².